The highest BCUT2D eigenvalue weighted by Gasteiger charge is 2.02. The molecule has 1 heterocycles. The molecule has 1 aromatic carbocycles. The summed E-state index contributed by atoms with van der Waals surface area (Å²) < 4.78 is 5.08. The summed E-state index contributed by atoms with van der Waals surface area (Å²) in [5.41, 5.74) is 1.42. The second-order valence-corrected chi connectivity index (χ2v) is 4.19. The monoisotopic (exact) mass is 277 g/mol. The van der Waals surface area contributed by atoms with Crippen LogP contribution in [0.15, 0.2) is 30.6 Å². The molecule has 0 aliphatic carbocycles. The predicted octanol–water partition coefficient (Wildman–Crippen LogP) is 2.56. The average molecular weight is 278 g/mol. The second kappa shape index (κ2) is 6.15. The molecule has 0 unspecified atom stereocenters. The number of aldehydes is 1. The highest BCUT2D eigenvalue weighted by atomic mass is 35.5. The third kappa shape index (κ3) is 3.42. The van der Waals surface area contributed by atoms with Crippen molar-refractivity contribution >= 4 is 23.8 Å². The van der Waals surface area contributed by atoms with Crippen LogP contribution in [0.5, 0.6) is 5.75 Å². The quantitative estimate of drug-likeness (QED) is 0.851. The van der Waals surface area contributed by atoms with Gasteiger partial charge in [0.1, 0.15) is 5.75 Å². The fourth-order valence-corrected chi connectivity index (χ4v) is 1.77. The summed E-state index contributed by atoms with van der Waals surface area (Å²) in [6.07, 6.45) is 3.62. The van der Waals surface area contributed by atoms with Crippen LogP contribution in [0.4, 0.5) is 5.95 Å². The van der Waals surface area contributed by atoms with Crippen LogP contribution < -0.4 is 10.1 Å². The molecule has 0 fully saturated rings. The summed E-state index contributed by atoms with van der Waals surface area (Å²) >= 11 is 6.03. The number of nitrogens with one attached hydrogen (secondary N) is 1. The van der Waals surface area contributed by atoms with Crippen LogP contribution in [0.25, 0.3) is 0 Å². The summed E-state index contributed by atoms with van der Waals surface area (Å²) in [6.45, 7) is 0.532. The lowest BCUT2D eigenvalue weighted by Gasteiger charge is -2.07. The van der Waals surface area contributed by atoms with Gasteiger partial charge < -0.3 is 10.1 Å². The number of methoxy groups -OCH3 is 1. The van der Waals surface area contributed by atoms with Gasteiger partial charge >= 0.3 is 0 Å². The molecule has 1 N–H and O–H groups in total. The largest absolute Gasteiger partial charge is 0.495 e. The van der Waals surface area contributed by atoms with E-state index in [0.717, 1.165) is 5.56 Å². The van der Waals surface area contributed by atoms with Gasteiger partial charge in [0.25, 0.3) is 0 Å². The second-order valence-electron chi connectivity index (χ2n) is 3.78. The molecule has 0 radical (unpaired) electrons. The van der Waals surface area contributed by atoms with Crippen LogP contribution in [0, 0.1) is 0 Å². The van der Waals surface area contributed by atoms with Gasteiger partial charge in [-0.2, -0.15) is 0 Å². The molecule has 0 amide bonds. The zero-order valence-corrected chi connectivity index (χ0v) is 11.0. The maximum absolute atomic E-state index is 10.5. The first-order chi connectivity index (χ1) is 9.22. The SMILES string of the molecule is COc1ccc(CNc2ncc(C=O)cn2)cc1Cl. The molecular weight excluding hydrogens is 266 g/mol. The number of ether oxygens (including phenoxy) is 1. The van der Waals surface area contributed by atoms with E-state index in [1.807, 2.05) is 12.1 Å². The van der Waals surface area contributed by atoms with Gasteiger partial charge in [-0.15, -0.1) is 0 Å². The molecule has 0 atom stereocenters. The Bertz CT molecular complexity index is 573. The van der Waals surface area contributed by atoms with Gasteiger partial charge in [0, 0.05) is 18.9 Å². The summed E-state index contributed by atoms with van der Waals surface area (Å²) in [5.74, 6) is 1.09. The third-order valence-corrected chi connectivity index (χ3v) is 2.77. The molecule has 0 aliphatic rings. The molecule has 2 aromatic rings. The first-order valence-corrected chi connectivity index (χ1v) is 5.94. The Kier molecular flexibility index (Phi) is 4.30. The number of hydrogen-bond donors (Lipinski definition) is 1. The minimum Gasteiger partial charge on any atom is -0.495 e. The molecule has 19 heavy (non-hydrogen) atoms. The number of anilines is 1. The van der Waals surface area contributed by atoms with Gasteiger partial charge in [0.05, 0.1) is 17.7 Å². The standard InChI is InChI=1S/C13H12ClN3O2/c1-19-12-3-2-9(4-11(12)14)5-15-13-16-6-10(8-18)7-17-13/h2-4,6-8H,5H2,1H3,(H,15,16,17). The first kappa shape index (κ1) is 13.3. The molecule has 0 spiro atoms. The van der Waals surface area contributed by atoms with E-state index in [0.29, 0.717) is 35.1 Å². The van der Waals surface area contributed by atoms with Gasteiger partial charge in [0.15, 0.2) is 6.29 Å². The first-order valence-electron chi connectivity index (χ1n) is 5.56. The molecular formula is C13H12ClN3O2. The molecule has 1 aromatic heterocycles. The minimum absolute atomic E-state index is 0.443. The van der Waals surface area contributed by atoms with Gasteiger partial charge in [-0.3, -0.25) is 4.79 Å². The Morgan fingerprint density at radius 3 is 2.68 bits per heavy atom. The molecule has 5 nitrogen and oxygen atoms in total. The zero-order chi connectivity index (χ0) is 13.7. The number of carbonyl (C=O) groups is 1. The number of aromatic nitrogens is 2. The number of carbonyl (C=O) groups excluding carboxylic acids is 1. The van der Waals surface area contributed by atoms with Gasteiger partial charge in [-0.05, 0) is 17.7 Å². The summed E-state index contributed by atoms with van der Waals surface area (Å²) in [4.78, 5) is 18.5. The van der Waals surface area contributed by atoms with Crippen LogP contribution in [0.2, 0.25) is 5.02 Å². The molecule has 0 saturated heterocycles. The fourth-order valence-electron chi connectivity index (χ4n) is 1.49. The van der Waals surface area contributed by atoms with E-state index >= 15 is 0 Å². The van der Waals surface area contributed by atoms with Gasteiger partial charge in [-0.1, -0.05) is 17.7 Å². The van der Waals surface area contributed by atoms with Crippen molar-refractivity contribution in [1.82, 2.24) is 9.97 Å². The van der Waals surface area contributed by atoms with Gasteiger partial charge in [-0.25, -0.2) is 9.97 Å². The van der Waals surface area contributed by atoms with Crippen molar-refractivity contribution in [1.29, 1.82) is 0 Å². The maximum Gasteiger partial charge on any atom is 0.222 e. The fraction of sp³-hybridized carbons (Fsp3) is 0.154. The molecule has 0 saturated carbocycles. The Balaban J connectivity index is 2.01. The molecule has 0 aliphatic heterocycles. The van der Waals surface area contributed by atoms with Crippen molar-refractivity contribution in [3.8, 4) is 5.75 Å². The van der Waals surface area contributed by atoms with E-state index in [9.17, 15) is 4.79 Å². The smallest absolute Gasteiger partial charge is 0.222 e. The summed E-state index contributed by atoms with van der Waals surface area (Å²) in [6, 6.07) is 5.51. The highest BCUT2D eigenvalue weighted by molar-refractivity contribution is 6.32. The van der Waals surface area contributed by atoms with Crippen molar-refractivity contribution in [2.75, 3.05) is 12.4 Å². The number of benzene rings is 1. The lowest BCUT2D eigenvalue weighted by atomic mass is 10.2. The summed E-state index contributed by atoms with van der Waals surface area (Å²) in [7, 11) is 1.57. The van der Waals surface area contributed by atoms with Crippen molar-refractivity contribution < 1.29 is 9.53 Å². The van der Waals surface area contributed by atoms with E-state index in [1.54, 1.807) is 13.2 Å². The van der Waals surface area contributed by atoms with E-state index < -0.39 is 0 Å². The van der Waals surface area contributed by atoms with E-state index in [4.69, 9.17) is 16.3 Å². The lowest BCUT2D eigenvalue weighted by Crippen LogP contribution is -2.03. The van der Waals surface area contributed by atoms with Crippen molar-refractivity contribution in [2.24, 2.45) is 0 Å². The van der Waals surface area contributed by atoms with Crippen molar-refractivity contribution in [2.45, 2.75) is 6.54 Å². The molecule has 2 rings (SSSR count). The zero-order valence-electron chi connectivity index (χ0n) is 10.3. The Labute approximate surface area is 115 Å². The van der Waals surface area contributed by atoms with Crippen LogP contribution in [-0.2, 0) is 6.54 Å². The highest BCUT2D eigenvalue weighted by Crippen LogP contribution is 2.25. The van der Waals surface area contributed by atoms with Crippen molar-refractivity contribution in [3.05, 3.63) is 46.7 Å². The number of rotatable bonds is 5. The Morgan fingerprint density at radius 2 is 2.11 bits per heavy atom. The maximum atomic E-state index is 10.5. The van der Waals surface area contributed by atoms with E-state index in [-0.39, 0.29) is 0 Å². The van der Waals surface area contributed by atoms with E-state index in [2.05, 4.69) is 15.3 Å². The van der Waals surface area contributed by atoms with E-state index in [1.165, 1.54) is 12.4 Å². The van der Waals surface area contributed by atoms with Crippen LogP contribution in [-0.4, -0.2) is 23.4 Å². The van der Waals surface area contributed by atoms with Crippen LogP contribution in [0.1, 0.15) is 15.9 Å². The third-order valence-electron chi connectivity index (χ3n) is 2.47. The minimum atomic E-state index is 0.443. The van der Waals surface area contributed by atoms with Crippen molar-refractivity contribution in [3.63, 3.8) is 0 Å². The Hall–Kier alpha value is -2.14. The molecule has 98 valence electrons. The lowest BCUT2D eigenvalue weighted by molar-refractivity contribution is 0.112. The van der Waals surface area contributed by atoms with Crippen LogP contribution >= 0.6 is 11.6 Å². The number of halogens is 1. The van der Waals surface area contributed by atoms with Gasteiger partial charge in [0.2, 0.25) is 5.95 Å². The number of hydrogen-bond acceptors (Lipinski definition) is 5. The Morgan fingerprint density at radius 1 is 1.37 bits per heavy atom. The normalized spacial score (nSPS) is 10.0. The topological polar surface area (TPSA) is 64.1 Å². The molecule has 6 heteroatoms. The van der Waals surface area contributed by atoms with Crippen LogP contribution in [0.3, 0.4) is 0 Å². The average Bonchev–Trinajstić information content (AvgIpc) is 2.46. The molecule has 0 bridgehead atoms. The summed E-state index contributed by atoms with van der Waals surface area (Å²) in [5, 5.41) is 3.59. The number of nitrogens with zero attached hydrogens (tertiary/aromatic N) is 2. The predicted molar refractivity (Wildman–Crippen MR) is 72.8 cm³/mol.